The smallest absolute Gasteiger partial charge is 0.138 e. The number of aliphatic hydroxyl groups excluding tert-OH is 1. The molecule has 0 aliphatic heterocycles. The monoisotopic (exact) mass is 251 g/mol. The minimum Gasteiger partial charge on any atom is -0.380 e. The zero-order valence-corrected chi connectivity index (χ0v) is 10.2. The minimum absolute atomic E-state index is 0.611. The van der Waals surface area contributed by atoms with Gasteiger partial charge in [0.15, 0.2) is 0 Å². The van der Waals surface area contributed by atoms with Crippen molar-refractivity contribution in [2.45, 2.75) is 6.10 Å². The molecule has 0 aliphatic rings. The number of hydrogen-bond acceptors (Lipinski definition) is 3. The third-order valence-corrected chi connectivity index (χ3v) is 2.92. The van der Waals surface area contributed by atoms with Gasteiger partial charge in [-0.2, -0.15) is 5.10 Å². The van der Waals surface area contributed by atoms with E-state index in [2.05, 4.69) is 10.1 Å². The Bertz CT molecular complexity index is 649. The average Bonchev–Trinajstić information content (AvgIpc) is 2.98. The molecule has 0 radical (unpaired) electrons. The van der Waals surface area contributed by atoms with Crippen LogP contribution in [0.4, 0.5) is 0 Å². The van der Waals surface area contributed by atoms with Crippen molar-refractivity contribution in [2.75, 3.05) is 0 Å². The molecule has 0 aliphatic carbocycles. The molecular formula is C15H13N3O. The number of aliphatic hydroxyl groups is 1. The highest BCUT2D eigenvalue weighted by molar-refractivity contribution is 5.34. The quantitative estimate of drug-likeness (QED) is 0.777. The molecule has 4 heteroatoms. The van der Waals surface area contributed by atoms with E-state index in [9.17, 15) is 5.11 Å². The zero-order valence-electron chi connectivity index (χ0n) is 10.2. The van der Waals surface area contributed by atoms with Crippen molar-refractivity contribution in [1.82, 2.24) is 14.8 Å². The maximum Gasteiger partial charge on any atom is 0.138 e. The van der Waals surface area contributed by atoms with E-state index in [-0.39, 0.29) is 0 Å². The summed E-state index contributed by atoms with van der Waals surface area (Å²) < 4.78 is 1.72. The highest BCUT2D eigenvalue weighted by Gasteiger charge is 2.16. The van der Waals surface area contributed by atoms with Gasteiger partial charge in [0.25, 0.3) is 0 Å². The molecule has 0 amide bonds. The van der Waals surface area contributed by atoms with E-state index in [1.807, 2.05) is 42.5 Å². The van der Waals surface area contributed by atoms with Crippen LogP contribution in [0.5, 0.6) is 0 Å². The van der Waals surface area contributed by atoms with Gasteiger partial charge >= 0.3 is 0 Å². The Morgan fingerprint density at radius 3 is 2.42 bits per heavy atom. The molecule has 0 saturated carbocycles. The molecule has 0 bridgehead atoms. The third-order valence-electron chi connectivity index (χ3n) is 2.92. The molecule has 2 aromatic heterocycles. The topological polar surface area (TPSA) is 50.9 Å². The summed E-state index contributed by atoms with van der Waals surface area (Å²) in [6.45, 7) is 0. The lowest BCUT2D eigenvalue weighted by Crippen LogP contribution is -2.09. The lowest BCUT2D eigenvalue weighted by atomic mass is 10.1. The number of pyridine rings is 1. The molecule has 2 heterocycles. The average molecular weight is 251 g/mol. The zero-order chi connectivity index (χ0) is 13.1. The third kappa shape index (κ3) is 2.26. The number of benzene rings is 1. The molecule has 1 unspecified atom stereocenters. The maximum absolute atomic E-state index is 10.4. The second-order valence-corrected chi connectivity index (χ2v) is 4.16. The number of hydrogen-bond donors (Lipinski definition) is 1. The predicted molar refractivity (Wildman–Crippen MR) is 71.9 cm³/mol. The lowest BCUT2D eigenvalue weighted by molar-refractivity contribution is 0.207. The molecule has 0 spiro atoms. The fourth-order valence-corrected chi connectivity index (χ4v) is 1.99. The number of nitrogens with zero attached hydrogens (tertiary/aromatic N) is 3. The fraction of sp³-hybridized carbons (Fsp3) is 0.0667. The Hall–Kier alpha value is -2.46. The Kier molecular flexibility index (Phi) is 3.08. The van der Waals surface area contributed by atoms with Crippen LogP contribution in [0.15, 0.2) is 67.0 Å². The lowest BCUT2D eigenvalue weighted by Gasteiger charge is -2.12. The van der Waals surface area contributed by atoms with E-state index in [1.54, 1.807) is 29.2 Å². The second-order valence-electron chi connectivity index (χ2n) is 4.16. The Labute approximate surface area is 111 Å². The SMILES string of the molecule is OC(c1ccccn1)c1ccnn1-c1ccccc1. The van der Waals surface area contributed by atoms with Crippen LogP contribution < -0.4 is 0 Å². The molecule has 3 rings (SSSR count). The van der Waals surface area contributed by atoms with Gasteiger partial charge in [-0.05, 0) is 30.3 Å². The first kappa shape index (κ1) is 11.6. The van der Waals surface area contributed by atoms with Gasteiger partial charge in [0, 0.05) is 12.4 Å². The standard InChI is InChI=1S/C15H13N3O/c19-15(13-8-4-5-10-16-13)14-9-11-17-18(14)12-6-2-1-3-7-12/h1-11,15,19H. The molecule has 4 nitrogen and oxygen atoms in total. The van der Waals surface area contributed by atoms with Crippen LogP contribution in [0.1, 0.15) is 17.5 Å². The van der Waals surface area contributed by atoms with Gasteiger partial charge in [0.1, 0.15) is 6.10 Å². The van der Waals surface area contributed by atoms with Crippen LogP contribution in [0.25, 0.3) is 5.69 Å². The van der Waals surface area contributed by atoms with Crippen molar-refractivity contribution in [2.24, 2.45) is 0 Å². The molecule has 3 aromatic rings. The summed E-state index contributed by atoms with van der Waals surface area (Å²) in [7, 11) is 0. The molecule has 1 atom stereocenters. The Morgan fingerprint density at radius 1 is 0.895 bits per heavy atom. The normalized spacial score (nSPS) is 12.3. The summed E-state index contributed by atoms with van der Waals surface area (Å²) in [6, 6.07) is 17.0. The van der Waals surface area contributed by atoms with Gasteiger partial charge in [0.2, 0.25) is 0 Å². The minimum atomic E-state index is -0.788. The summed E-state index contributed by atoms with van der Waals surface area (Å²) >= 11 is 0. The van der Waals surface area contributed by atoms with Gasteiger partial charge in [-0.15, -0.1) is 0 Å². The summed E-state index contributed by atoms with van der Waals surface area (Å²) in [5.41, 5.74) is 2.22. The van der Waals surface area contributed by atoms with Crippen molar-refractivity contribution in [3.05, 3.63) is 78.4 Å². The highest BCUT2D eigenvalue weighted by atomic mass is 16.3. The summed E-state index contributed by atoms with van der Waals surface area (Å²) in [6.07, 6.45) is 2.56. The number of rotatable bonds is 3. The Morgan fingerprint density at radius 2 is 1.68 bits per heavy atom. The van der Waals surface area contributed by atoms with E-state index < -0.39 is 6.10 Å². The number of aromatic nitrogens is 3. The largest absolute Gasteiger partial charge is 0.380 e. The van der Waals surface area contributed by atoms with E-state index in [1.165, 1.54) is 0 Å². The van der Waals surface area contributed by atoms with E-state index in [0.717, 1.165) is 5.69 Å². The number of para-hydroxylation sites is 1. The molecule has 1 N–H and O–H groups in total. The Balaban J connectivity index is 2.01. The van der Waals surface area contributed by atoms with E-state index >= 15 is 0 Å². The molecule has 1 aromatic carbocycles. The molecule has 0 saturated heterocycles. The van der Waals surface area contributed by atoms with E-state index in [0.29, 0.717) is 11.4 Å². The molecule has 94 valence electrons. The van der Waals surface area contributed by atoms with Crippen molar-refractivity contribution in [1.29, 1.82) is 0 Å². The van der Waals surface area contributed by atoms with Crippen molar-refractivity contribution < 1.29 is 5.11 Å². The summed E-state index contributed by atoms with van der Waals surface area (Å²) in [5.74, 6) is 0. The highest BCUT2D eigenvalue weighted by Crippen LogP contribution is 2.22. The van der Waals surface area contributed by atoms with Gasteiger partial charge in [-0.3, -0.25) is 4.98 Å². The summed E-state index contributed by atoms with van der Waals surface area (Å²) in [5, 5.41) is 14.7. The predicted octanol–water partition coefficient (Wildman–Crippen LogP) is 2.35. The first-order valence-corrected chi connectivity index (χ1v) is 6.04. The summed E-state index contributed by atoms with van der Waals surface area (Å²) in [4.78, 5) is 4.18. The maximum atomic E-state index is 10.4. The van der Waals surface area contributed by atoms with Crippen molar-refractivity contribution >= 4 is 0 Å². The molecular weight excluding hydrogens is 238 g/mol. The van der Waals surface area contributed by atoms with Gasteiger partial charge in [-0.25, -0.2) is 4.68 Å². The first-order valence-electron chi connectivity index (χ1n) is 6.04. The van der Waals surface area contributed by atoms with Crippen LogP contribution in [0.2, 0.25) is 0 Å². The van der Waals surface area contributed by atoms with Crippen LogP contribution >= 0.6 is 0 Å². The van der Waals surface area contributed by atoms with Crippen molar-refractivity contribution in [3.8, 4) is 5.69 Å². The van der Waals surface area contributed by atoms with E-state index in [4.69, 9.17) is 0 Å². The second kappa shape index (κ2) is 5.04. The first-order chi connectivity index (χ1) is 9.36. The van der Waals surface area contributed by atoms with Gasteiger partial charge in [-0.1, -0.05) is 24.3 Å². The van der Waals surface area contributed by atoms with Crippen LogP contribution in [-0.4, -0.2) is 19.9 Å². The van der Waals surface area contributed by atoms with Crippen molar-refractivity contribution in [3.63, 3.8) is 0 Å². The fourth-order valence-electron chi connectivity index (χ4n) is 1.99. The van der Waals surface area contributed by atoms with Crippen LogP contribution in [0, 0.1) is 0 Å². The van der Waals surface area contributed by atoms with Gasteiger partial charge < -0.3 is 5.11 Å². The van der Waals surface area contributed by atoms with Gasteiger partial charge in [0.05, 0.1) is 17.1 Å². The van der Waals surface area contributed by atoms with Crippen LogP contribution in [0.3, 0.4) is 0 Å². The molecule has 19 heavy (non-hydrogen) atoms. The van der Waals surface area contributed by atoms with Crippen LogP contribution in [-0.2, 0) is 0 Å². The molecule has 0 fully saturated rings.